The average molecular weight is 680 g/mol. The standard InChI is InChI=1S/C36H33F4N3O4S/c37-26-10-8-22(9-11-26)35(25-16-27(38)20-28(39)17-25)36(41)32(44)18-23-5-3-6-31(40)30(23)13-12-29-21-42-14-15-43(29)48(45,46)34-19-24-4-1-2-7-33(24)47-34/h1-11,16-17,19-20,29,35-36,42H,12-15,18,21,41H2/t29-,35-,36+/m0/s1. The normalized spacial score (nSPS) is 17.0. The maximum Gasteiger partial charge on any atom is 0.276 e. The molecule has 250 valence electrons. The van der Waals surface area contributed by atoms with Crippen molar-refractivity contribution in [3.63, 3.8) is 0 Å². The molecular formula is C36H33F4N3O4S. The summed E-state index contributed by atoms with van der Waals surface area (Å²) in [5, 5.41) is 3.69. The van der Waals surface area contributed by atoms with Crippen LogP contribution in [-0.2, 0) is 27.7 Å². The van der Waals surface area contributed by atoms with Crippen molar-refractivity contribution in [2.24, 2.45) is 5.73 Å². The van der Waals surface area contributed by atoms with Crippen LogP contribution in [0.15, 0.2) is 101 Å². The largest absolute Gasteiger partial charge is 0.443 e. The van der Waals surface area contributed by atoms with Crippen molar-refractivity contribution in [3.05, 3.63) is 137 Å². The number of furan rings is 1. The Kier molecular flexibility index (Phi) is 9.79. The summed E-state index contributed by atoms with van der Waals surface area (Å²) in [4.78, 5) is 13.7. The highest BCUT2D eigenvalue weighted by atomic mass is 32.2. The van der Waals surface area contributed by atoms with Gasteiger partial charge in [-0.15, -0.1) is 0 Å². The van der Waals surface area contributed by atoms with Gasteiger partial charge in [0.2, 0.25) is 5.09 Å². The molecule has 6 rings (SSSR count). The number of benzene rings is 4. The lowest BCUT2D eigenvalue weighted by atomic mass is 9.82. The predicted molar refractivity (Wildman–Crippen MR) is 173 cm³/mol. The summed E-state index contributed by atoms with van der Waals surface area (Å²) in [6, 6.07) is 18.9. The van der Waals surface area contributed by atoms with Crippen LogP contribution in [0.25, 0.3) is 11.0 Å². The molecule has 0 saturated carbocycles. The molecule has 1 aromatic heterocycles. The molecule has 1 saturated heterocycles. The van der Waals surface area contributed by atoms with Crippen molar-refractivity contribution in [1.82, 2.24) is 9.62 Å². The molecule has 0 amide bonds. The van der Waals surface area contributed by atoms with Gasteiger partial charge in [0.15, 0.2) is 5.78 Å². The number of para-hydroxylation sites is 1. The van der Waals surface area contributed by atoms with Crippen LogP contribution in [0.4, 0.5) is 17.6 Å². The number of rotatable bonds is 11. The van der Waals surface area contributed by atoms with Crippen molar-refractivity contribution in [2.75, 3.05) is 19.6 Å². The lowest BCUT2D eigenvalue weighted by molar-refractivity contribution is -0.119. The van der Waals surface area contributed by atoms with Crippen molar-refractivity contribution in [2.45, 2.75) is 42.4 Å². The molecule has 7 nitrogen and oxygen atoms in total. The van der Waals surface area contributed by atoms with Crippen LogP contribution in [0, 0.1) is 23.3 Å². The van der Waals surface area contributed by atoms with Gasteiger partial charge in [0.1, 0.15) is 28.9 Å². The van der Waals surface area contributed by atoms with Gasteiger partial charge in [0.25, 0.3) is 10.0 Å². The van der Waals surface area contributed by atoms with Crippen LogP contribution in [0.3, 0.4) is 0 Å². The van der Waals surface area contributed by atoms with E-state index >= 15 is 4.39 Å². The molecule has 5 aromatic rings. The third kappa shape index (κ3) is 7.07. The number of nitrogens with two attached hydrogens (primary N) is 1. The highest BCUT2D eigenvalue weighted by molar-refractivity contribution is 7.89. The third-order valence-electron chi connectivity index (χ3n) is 8.77. The van der Waals surface area contributed by atoms with Crippen LogP contribution < -0.4 is 11.1 Å². The lowest BCUT2D eigenvalue weighted by Crippen LogP contribution is -2.53. The molecule has 0 aliphatic carbocycles. The van der Waals surface area contributed by atoms with E-state index in [1.807, 2.05) is 0 Å². The first-order chi connectivity index (χ1) is 23.0. The molecule has 1 aliphatic rings. The van der Waals surface area contributed by atoms with E-state index in [2.05, 4.69) is 5.32 Å². The molecule has 1 fully saturated rings. The Morgan fingerprint density at radius 3 is 2.35 bits per heavy atom. The summed E-state index contributed by atoms with van der Waals surface area (Å²) < 4.78 is 92.0. The predicted octanol–water partition coefficient (Wildman–Crippen LogP) is 5.86. The first-order valence-electron chi connectivity index (χ1n) is 15.5. The van der Waals surface area contributed by atoms with Gasteiger partial charge in [-0.05, 0) is 71.5 Å². The fourth-order valence-corrected chi connectivity index (χ4v) is 7.99. The Balaban J connectivity index is 1.23. The number of nitrogens with zero attached hydrogens (tertiary/aromatic N) is 1. The van der Waals surface area contributed by atoms with Crippen LogP contribution in [-0.4, -0.2) is 50.2 Å². The minimum atomic E-state index is -4.01. The number of Topliss-reactive ketones (excluding diaryl/α,β-unsaturated/α-hetero) is 1. The van der Waals surface area contributed by atoms with E-state index in [0.29, 0.717) is 41.3 Å². The highest BCUT2D eigenvalue weighted by Gasteiger charge is 2.36. The second kappa shape index (κ2) is 14.0. The van der Waals surface area contributed by atoms with E-state index < -0.39 is 57.1 Å². The molecule has 0 unspecified atom stereocenters. The summed E-state index contributed by atoms with van der Waals surface area (Å²) in [7, 11) is -4.01. The second-order valence-electron chi connectivity index (χ2n) is 11.9. The molecule has 12 heteroatoms. The van der Waals surface area contributed by atoms with Gasteiger partial charge in [0.05, 0.1) is 6.04 Å². The number of halogens is 4. The van der Waals surface area contributed by atoms with Gasteiger partial charge in [-0.3, -0.25) is 4.79 Å². The average Bonchev–Trinajstić information content (AvgIpc) is 3.51. The zero-order valence-electron chi connectivity index (χ0n) is 25.7. The summed E-state index contributed by atoms with van der Waals surface area (Å²) in [5.74, 6) is -4.38. The smallest absolute Gasteiger partial charge is 0.276 e. The minimum absolute atomic E-state index is 0.0926. The highest BCUT2D eigenvalue weighted by Crippen LogP contribution is 2.31. The van der Waals surface area contributed by atoms with E-state index in [0.717, 1.165) is 24.3 Å². The minimum Gasteiger partial charge on any atom is -0.443 e. The van der Waals surface area contributed by atoms with Gasteiger partial charge >= 0.3 is 0 Å². The van der Waals surface area contributed by atoms with Crippen LogP contribution in [0.5, 0.6) is 0 Å². The van der Waals surface area contributed by atoms with Gasteiger partial charge in [0, 0.05) is 55.5 Å². The number of sulfonamides is 1. The molecule has 48 heavy (non-hydrogen) atoms. The first kappa shape index (κ1) is 33.5. The second-order valence-corrected chi connectivity index (χ2v) is 13.7. The third-order valence-corrected chi connectivity index (χ3v) is 10.6. The number of hydrogen-bond donors (Lipinski definition) is 2. The monoisotopic (exact) mass is 679 g/mol. The number of hydrogen-bond acceptors (Lipinski definition) is 6. The van der Waals surface area contributed by atoms with Crippen molar-refractivity contribution in [1.29, 1.82) is 0 Å². The van der Waals surface area contributed by atoms with Gasteiger partial charge in [-0.1, -0.05) is 42.5 Å². The number of piperazine rings is 1. The number of nitrogens with one attached hydrogen (secondary N) is 1. The molecular weight excluding hydrogens is 646 g/mol. The van der Waals surface area contributed by atoms with Crippen LogP contribution >= 0.6 is 0 Å². The fraction of sp³-hybridized carbons (Fsp3) is 0.250. The maximum atomic E-state index is 15.4. The van der Waals surface area contributed by atoms with Gasteiger partial charge in [-0.2, -0.15) is 4.31 Å². The van der Waals surface area contributed by atoms with Crippen molar-refractivity contribution in [3.8, 4) is 0 Å². The molecule has 3 N–H and O–H groups in total. The molecule has 4 aromatic carbocycles. The Morgan fingerprint density at radius 1 is 0.896 bits per heavy atom. The first-order valence-corrected chi connectivity index (χ1v) is 16.9. The molecule has 1 aliphatic heterocycles. The fourth-order valence-electron chi connectivity index (χ4n) is 6.39. The SMILES string of the molecule is N[C@H](C(=O)Cc1cccc(F)c1CC[C@H]1CNCCN1S(=O)(=O)c1cc2ccccc2o1)[C@@H](c1ccc(F)cc1)c1cc(F)cc(F)c1. The Bertz CT molecular complexity index is 2000. The number of carbonyl (C=O) groups is 1. The van der Waals surface area contributed by atoms with E-state index in [9.17, 15) is 26.4 Å². The summed E-state index contributed by atoms with van der Waals surface area (Å²) in [6.45, 7) is 0.946. The molecule has 0 radical (unpaired) electrons. The van der Waals surface area contributed by atoms with E-state index in [-0.39, 0.29) is 42.0 Å². The van der Waals surface area contributed by atoms with Crippen molar-refractivity contribution < 1.29 is 35.2 Å². The summed E-state index contributed by atoms with van der Waals surface area (Å²) in [6.07, 6.45) is 0.0502. The Labute approximate surface area is 275 Å². The van der Waals surface area contributed by atoms with Crippen LogP contribution in [0.1, 0.15) is 34.6 Å². The molecule has 0 bridgehead atoms. The number of ketones is 1. The van der Waals surface area contributed by atoms with Crippen LogP contribution in [0.2, 0.25) is 0 Å². The van der Waals surface area contributed by atoms with E-state index in [1.165, 1.54) is 34.6 Å². The van der Waals surface area contributed by atoms with Gasteiger partial charge in [-0.25, -0.2) is 26.0 Å². The zero-order valence-corrected chi connectivity index (χ0v) is 26.5. The topological polar surface area (TPSA) is 106 Å². The van der Waals surface area contributed by atoms with Gasteiger partial charge < -0.3 is 15.5 Å². The van der Waals surface area contributed by atoms with E-state index in [4.69, 9.17) is 10.2 Å². The quantitative estimate of drug-likeness (QED) is 0.170. The Hall–Kier alpha value is -4.36. The Morgan fingerprint density at radius 2 is 1.62 bits per heavy atom. The van der Waals surface area contributed by atoms with E-state index in [1.54, 1.807) is 30.3 Å². The van der Waals surface area contributed by atoms with Crippen molar-refractivity contribution >= 4 is 26.8 Å². The lowest BCUT2D eigenvalue weighted by Gasteiger charge is -2.34. The zero-order chi connectivity index (χ0) is 34.0. The molecule has 0 spiro atoms. The summed E-state index contributed by atoms with van der Waals surface area (Å²) in [5.41, 5.74) is 7.97. The number of carbonyl (C=O) groups excluding carboxylic acids is 1. The summed E-state index contributed by atoms with van der Waals surface area (Å²) >= 11 is 0. The number of fused-ring (bicyclic) bond motifs is 1. The molecule has 3 atom stereocenters. The maximum absolute atomic E-state index is 15.4. The molecule has 2 heterocycles.